The van der Waals surface area contributed by atoms with Crippen molar-refractivity contribution in [1.82, 2.24) is 5.32 Å². The van der Waals surface area contributed by atoms with Crippen LogP contribution in [0, 0.1) is 0 Å². The number of carbonyl (C=O) groups excluding carboxylic acids is 2. The Labute approximate surface area is 124 Å². The van der Waals surface area contributed by atoms with E-state index in [4.69, 9.17) is 4.74 Å². The molecule has 1 N–H and O–H groups in total. The molecule has 1 rings (SSSR count). The molecule has 0 aliphatic rings. The number of nitrogens with one attached hydrogen (secondary N) is 1. The minimum absolute atomic E-state index is 0.148. The minimum Gasteiger partial charge on any atom is -0.467 e. The minimum atomic E-state index is -0.772. The zero-order valence-corrected chi connectivity index (χ0v) is 12.4. The topological polar surface area (TPSA) is 64.6 Å². The summed E-state index contributed by atoms with van der Waals surface area (Å²) in [5.41, 5.74) is 1.73. The van der Waals surface area contributed by atoms with E-state index < -0.39 is 18.1 Å². The molecule has 1 aromatic rings. The summed E-state index contributed by atoms with van der Waals surface area (Å²) in [5.74, 6) is -0.513. The molecule has 0 radical (unpaired) electrons. The third-order valence-corrected chi connectivity index (χ3v) is 2.98. The van der Waals surface area contributed by atoms with Crippen LogP contribution in [0.4, 0.5) is 4.79 Å². The average molecular weight is 291 g/mol. The van der Waals surface area contributed by atoms with Crippen molar-refractivity contribution in [2.45, 2.75) is 32.4 Å². The van der Waals surface area contributed by atoms with Crippen LogP contribution in [0.2, 0.25) is 0 Å². The van der Waals surface area contributed by atoms with Gasteiger partial charge in [0.15, 0.2) is 0 Å². The molecule has 0 heterocycles. The SMILES string of the molecule is C=C(CC)C[C@H](NC(=O)OCc1ccccc1)C(=O)OC. The maximum Gasteiger partial charge on any atom is 0.408 e. The smallest absolute Gasteiger partial charge is 0.408 e. The van der Waals surface area contributed by atoms with Crippen LogP contribution in [0.1, 0.15) is 25.3 Å². The Morgan fingerprint density at radius 3 is 2.52 bits per heavy atom. The number of esters is 1. The number of hydrogen-bond donors (Lipinski definition) is 1. The van der Waals surface area contributed by atoms with E-state index in [2.05, 4.69) is 16.6 Å². The molecule has 0 aromatic heterocycles. The molecule has 0 spiro atoms. The maximum absolute atomic E-state index is 11.7. The highest BCUT2D eigenvalue weighted by Crippen LogP contribution is 2.09. The molecule has 5 heteroatoms. The number of carbonyl (C=O) groups is 2. The van der Waals surface area contributed by atoms with Gasteiger partial charge < -0.3 is 14.8 Å². The van der Waals surface area contributed by atoms with Crippen molar-refractivity contribution in [2.75, 3.05) is 7.11 Å². The summed E-state index contributed by atoms with van der Waals surface area (Å²) in [5, 5.41) is 2.51. The van der Waals surface area contributed by atoms with Gasteiger partial charge in [0.2, 0.25) is 0 Å². The molecule has 0 saturated heterocycles. The number of ether oxygens (including phenoxy) is 2. The second kappa shape index (κ2) is 8.79. The molecule has 21 heavy (non-hydrogen) atoms. The summed E-state index contributed by atoms with van der Waals surface area (Å²) in [6, 6.07) is 8.53. The van der Waals surface area contributed by atoms with E-state index in [1.807, 2.05) is 37.3 Å². The highest BCUT2D eigenvalue weighted by atomic mass is 16.6. The van der Waals surface area contributed by atoms with E-state index in [1.165, 1.54) is 7.11 Å². The van der Waals surface area contributed by atoms with Crippen LogP contribution in [0.5, 0.6) is 0 Å². The molecule has 114 valence electrons. The van der Waals surface area contributed by atoms with Gasteiger partial charge in [-0.2, -0.15) is 0 Å². The lowest BCUT2D eigenvalue weighted by Gasteiger charge is -2.17. The van der Waals surface area contributed by atoms with E-state index >= 15 is 0 Å². The van der Waals surface area contributed by atoms with Crippen molar-refractivity contribution in [3.05, 3.63) is 48.0 Å². The van der Waals surface area contributed by atoms with Gasteiger partial charge in [-0.15, -0.1) is 0 Å². The van der Waals surface area contributed by atoms with E-state index in [1.54, 1.807) is 0 Å². The van der Waals surface area contributed by atoms with Gasteiger partial charge in [-0.1, -0.05) is 49.4 Å². The Morgan fingerprint density at radius 2 is 1.95 bits per heavy atom. The number of rotatable bonds is 7. The van der Waals surface area contributed by atoms with Gasteiger partial charge in [-0.3, -0.25) is 0 Å². The fourth-order valence-electron chi connectivity index (χ4n) is 1.68. The number of hydrogen-bond acceptors (Lipinski definition) is 4. The lowest BCUT2D eigenvalue weighted by Crippen LogP contribution is -2.42. The van der Waals surface area contributed by atoms with Gasteiger partial charge in [-0.05, 0) is 18.4 Å². The van der Waals surface area contributed by atoms with Crippen LogP contribution in [0.15, 0.2) is 42.5 Å². The predicted octanol–water partition coefficient (Wildman–Crippen LogP) is 2.81. The number of amides is 1. The van der Waals surface area contributed by atoms with Crippen LogP contribution in [-0.2, 0) is 20.9 Å². The Bertz CT molecular complexity index is 484. The fourth-order valence-corrected chi connectivity index (χ4v) is 1.68. The van der Waals surface area contributed by atoms with Gasteiger partial charge in [0.25, 0.3) is 0 Å². The Hall–Kier alpha value is -2.30. The van der Waals surface area contributed by atoms with Crippen molar-refractivity contribution in [2.24, 2.45) is 0 Å². The molecular weight excluding hydrogens is 270 g/mol. The summed E-state index contributed by atoms with van der Waals surface area (Å²) in [7, 11) is 1.28. The van der Waals surface area contributed by atoms with Crippen molar-refractivity contribution in [1.29, 1.82) is 0 Å². The van der Waals surface area contributed by atoms with E-state index in [-0.39, 0.29) is 6.61 Å². The van der Waals surface area contributed by atoms with Crippen LogP contribution in [0.25, 0.3) is 0 Å². The lowest BCUT2D eigenvalue weighted by atomic mass is 10.1. The summed E-state index contributed by atoms with van der Waals surface area (Å²) < 4.78 is 9.75. The van der Waals surface area contributed by atoms with Crippen LogP contribution < -0.4 is 5.32 Å². The molecule has 1 aromatic carbocycles. The molecule has 5 nitrogen and oxygen atoms in total. The molecule has 1 amide bonds. The molecule has 0 unspecified atom stereocenters. The molecule has 1 atom stereocenters. The third kappa shape index (κ3) is 6.12. The van der Waals surface area contributed by atoms with Gasteiger partial charge in [-0.25, -0.2) is 9.59 Å². The summed E-state index contributed by atoms with van der Waals surface area (Å²) >= 11 is 0. The van der Waals surface area contributed by atoms with Crippen LogP contribution in [0.3, 0.4) is 0 Å². The number of methoxy groups -OCH3 is 1. The molecule has 0 saturated carbocycles. The third-order valence-electron chi connectivity index (χ3n) is 2.98. The van der Waals surface area contributed by atoms with Crippen molar-refractivity contribution in [3.63, 3.8) is 0 Å². The summed E-state index contributed by atoms with van der Waals surface area (Å²) in [6.45, 7) is 5.91. The van der Waals surface area contributed by atoms with Crippen molar-refractivity contribution >= 4 is 12.1 Å². The summed E-state index contributed by atoms with van der Waals surface area (Å²) in [6.07, 6.45) is 0.413. The van der Waals surface area contributed by atoms with Gasteiger partial charge in [0.1, 0.15) is 12.6 Å². The monoisotopic (exact) mass is 291 g/mol. The average Bonchev–Trinajstić information content (AvgIpc) is 2.52. The first kappa shape index (κ1) is 16.8. The van der Waals surface area contributed by atoms with Gasteiger partial charge >= 0.3 is 12.1 Å². The maximum atomic E-state index is 11.7. The molecule has 0 aliphatic heterocycles. The van der Waals surface area contributed by atoms with Gasteiger partial charge in [0.05, 0.1) is 7.11 Å². The quantitative estimate of drug-likeness (QED) is 0.619. The number of benzene rings is 1. The number of alkyl carbamates (subject to hydrolysis) is 1. The van der Waals surface area contributed by atoms with Crippen molar-refractivity contribution < 1.29 is 19.1 Å². The highest BCUT2D eigenvalue weighted by molar-refractivity contribution is 5.81. The normalized spacial score (nSPS) is 11.3. The summed E-state index contributed by atoms with van der Waals surface area (Å²) in [4.78, 5) is 23.4. The van der Waals surface area contributed by atoms with E-state index in [9.17, 15) is 9.59 Å². The molecule has 0 aliphatic carbocycles. The second-order valence-corrected chi connectivity index (χ2v) is 4.59. The Balaban J connectivity index is 2.51. The first-order valence-corrected chi connectivity index (χ1v) is 6.78. The Morgan fingerprint density at radius 1 is 1.29 bits per heavy atom. The van der Waals surface area contributed by atoms with E-state index in [0.29, 0.717) is 6.42 Å². The standard InChI is InChI=1S/C16H21NO4/c1-4-12(2)10-14(15(18)20-3)17-16(19)21-11-13-8-6-5-7-9-13/h5-9,14H,2,4,10-11H2,1,3H3,(H,17,19)/t14-/m0/s1. The molecule has 0 fully saturated rings. The first-order valence-electron chi connectivity index (χ1n) is 6.78. The zero-order chi connectivity index (χ0) is 15.7. The van der Waals surface area contributed by atoms with Crippen LogP contribution >= 0.6 is 0 Å². The van der Waals surface area contributed by atoms with E-state index in [0.717, 1.165) is 17.6 Å². The zero-order valence-electron chi connectivity index (χ0n) is 12.4. The molecular formula is C16H21NO4. The lowest BCUT2D eigenvalue weighted by molar-refractivity contribution is -0.143. The second-order valence-electron chi connectivity index (χ2n) is 4.59. The predicted molar refractivity (Wildman–Crippen MR) is 79.6 cm³/mol. The van der Waals surface area contributed by atoms with Gasteiger partial charge in [0, 0.05) is 0 Å². The largest absolute Gasteiger partial charge is 0.467 e. The fraction of sp³-hybridized carbons (Fsp3) is 0.375. The van der Waals surface area contributed by atoms with Crippen LogP contribution in [-0.4, -0.2) is 25.2 Å². The highest BCUT2D eigenvalue weighted by Gasteiger charge is 2.22. The van der Waals surface area contributed by atoms with Crippen molar-refractivity contribution in [3.8, 4) is 0 Å². The molecule has 0 bridgehead atoms. The Kier molecular flexibility index (Phi) is 7.01. The first-order chi connectivity index (χ1) is 10.1.